The molecule has 34 heavy (non-hydrogen) atoms. The van der Waals surface area contributed by atoms with Gasteiger partial charge in [-0.15, -0.1) is 17.9 Å². The van der Waals surface area contributed by atoms with Gasteiger partial charge in [-0.25, -0.2) is 4.98 Å². The summed E-state index contributed by atoms with van der Waals surface area (Å²) in [6.07, 6.45) is 5.93. The van der Waals surface area contributed by atoms with Crippen molar-refractivity contribution in [2.75, 3.05) is 11.1 Å². The largest absolute Gasteiger partial charge is 0.325 e. The molecular weight excluding hydrogens is 462 g/mol. The van der Waals surface area contributed by atoms with Crippen LogP contribution in [0.4, 0.5) is 5.69 Å². The van der Waals surface area contributed by atoms with Crippen molar-refractivity contribution in [3.8, 4) is 11.1 Å². The van der Waals surface area contributed by atoms with E-state index in [1.54, 1.807) is 22.0 Å². The van der Waals surface area contributed by atoms with E-state index in [0.717, 1.165) is 52.7 Å². The van der Waals surface area contributed by atoms with Gasteiger partial charge in [0.15, 0.2) is 5.16 Å². The van der Waals surface area contributed by atoms with E-state index < -0.39 is 0 Å². The molecule has 0 bridgehead atoms. The minimum Gasteiger partial charge on any atom is -0.325 e. The topological polar surface area (TPSA) is 64.0 Å². The molecule has 0 radical (unpaired) electrons. The van der Waals surface area contributed by atoms with Gasteiger partial charge < -0.3 is 5.32 Å². The maximum absolute atomic E-state index is 13.4. The van der Waals surface area contributed by atoms with Gasteiger partial charge in [-0.3, -0.25) is 14.2 Å². The van der Waals surface area contributed by atoms with Crippen molar-refractivity contribution in [1.82, 2.24) is 9.55 Å². The first-order valence-electron chi connectivity index (χ1n) is 11.4. The number of anilines is 1. The van der Waals surface area contributed by atoms with Crippen LogP contribution in [0.25, 0.3) is 21.3 Å². The number of benzene rings is 2. The Morgan fingerprint density at radius 1 is 1.12 bits per heavy atom. The maximum atomic E-state index is 13.4. The van der Waals surface area contributed by atoms with Crippen molar-refractivity contribution in [2.24, 2.45) is 0 Å². The third kappa shape index (κ3) is 4.45. The van der Waals surface area contributed by atoms with Crippen molar-refractivity contribution in [1.29, 1.82) is 0 Å². The number of hydrogen-bond donors (Lipinski definition) is 1. The lowest BCUT2D eigenvalue weighted by Gasteiger charge is -2.13. The minimum atomic E-state index is -0.140. The number of aromatic nitrogens is 2. The molecule has 0 atom stereocenters. The predicted molar refractivity (Wildman–Crippen MR) is 142 cm³/mol. The molecule has 0 fully saturated rings. The molecule has 2 aromatic heterocycles. The van der Waals surface area contributed by atoms with Crippen LogP contribution in [0.5, 0.6) is 0 Å². The average molecular weight is 488 g/mol. The molecule has 0 saturated carbocycles. The van der Waals surface area contributed by atoms with E-state index >= 15 is 0 Å². The van der Waals surface area contributed by atoms with Gasteiger partial charge in [0.2, 0.25) is 5.91 Å². The van der Waals surface area contributed by atoms with E-state index in [9.17, 15) is 9.59 Å². The van der Waals surface area contributed by atoms with Crippen LogP contribution in [0.1, 0.15) is 23.3 Å². The quantitative estimate of drug-likeness (QED) is 0.200. The lowest BCUT2D eigenvalue weighted by molar-refractivity contribution is -0.113. The van der Waals surface area contributed by atoms with E-state index in [2.05, 4.69) is 11.9 Å². The summed E-state index contributed by atoms with van der Waals surface area (Å²) in [6.45, 7) is 4.18. The zero-order valence-electron chi connectivity index (χ0n) is 18.8. The second-order valence-electron chi connectivity index (χ2n) is 8.24. The number of thiophene rings is 1. The number of carbonyl (C=O) groups excluding carboxylic acids is 1. The fourth-order valence-electron chi connectivity index (χ4n) is 4.40. The summed E-state index contributed by atoms with van der Waals surface area (Å²) >= 11 is 2.92. The van der Waals surface area contributed by atoms with Crippen LogP contribution in [0.3, 0.4) is 0 Å². The number of amides is 1. The molecule has 5 rings (SSSR count). The molecule has 1 aliphatic carbocycles. The molecule has 7 heteroatoms. The van der Waals surface area contributed by atoms with Crippen LogP contribution < -0.4 is 10.9 Å². The number of hydrogen-bond acceptors (Lipinski definition) is 5. The zero-order valence-corrected chi connectivity index (χ0v) is 20.4. The number of nitrogens with zero attached hydrogens (tertiary/aromatic N) is 2. The van der Waals surface area contributed by atoms with Gasteiger partial charge in [0.05, 0.1) is 11.1 Å². The Morgan fingerprint density at radius 2 is 1.88 bits per heavy atom. The molecule has 1 N–H and O–H groups in total. The first-order valence-corrected chi connectivity index (χ1v) is 13.2. The first-order chi connectivity index (χ1) is 16.7. The molecule has 172 valence electrons. The summed E-state index contributed by atoms with van der Waals surface area (Å²) in [5, 5.41) is 4.34. The Balaban J connectivity index is 1.39. The second-order valence-corrected chi connectivity index (χ2v) is 10.3. The Morgan fingerprint density at radius 3 is 2.71 bits per heavy atom. The van der Waals surface area contributed by atoms with Crippen LogP contribution in [-0.2, 0) is 24.2 Å². The summed E-state index contributed by atoms with van der Waals surface area (Å²) < 4.78 is 1.65. The fraction of sp³-hybridized carbons (Fsp3) is 0.222. The van der Waals surface area contributed by atoms with E-state index in [1.165, 1.54) is 22.2 Å². The normalized spacial score (nSPS) is 12.9. The van der Waals surface area contributed by atoms with Crippen LogP contribution in [-0.4, -0.2) is 21.2 Å². The highest BCUT2D eigenvalue weighted by molar-refractivity contribution is 7.99. The van der Waals surface area contributed by atoms with Crippen LogP contribution in [0, 0.1) is 0 Å². The second kappa shape index (κ2) is 9.99. The third-order valence-electron chi connectivity index (χ3n) is 5.97. The average Bonchev–Trinajstić information content (AvgIpc) is 3.24. The predicted octanol–water partition coefficient (Wildman–Crippen LogP) is 5.92. The fourth-order valence-corrected chi connectivity index (χ4v) is 6.51. The molecule has 1 aliphatic rings. The molecule has 1 amide bonds. The summed E-state index contributed by atoms with van der Waals surface area (Å²) in [7, 11) is 0. The number of carbonyl (C=O) groups is 1. The molecule has 2 aromatic carbocycles. The molecule has 5 nitrogen and oxygen atoms in total. The number of rotatable bonds is 7. The van der Waals surface area contributed by atoms with Gasteiger partial charge in [-0.05, 0) is 42.9 Å². The van der Waals surface area contributed by atoms with Gasteiger partial charge in [0.1, 0.15) is 4.83 Å². The highest BCUT2D eigenvalue weighted by Gasteiger charge is 2.22. The van der Waals surface area contributed by atoms with Crippen LogP contribution in [0.15, 0.2) is 77.2 Å². The molecule has 0 unspecified atom stereocenters. The highest BCUT2D eigenvalue weighted by atomic mass is 32.2. The Labute approximate surface area is 206 Å². The van der Waals surface area contributed by atoms with Crippen molar-refractivity contribution >= 4 is 44.9 Å². The number of nitrogens with one attached hydrogen (secondary N) is 1. The SMILES string of the molecule is C=CCn1c(SCC(=O)Nc2ccccc2-c2ccccc2)nc2sc3c(c2c1=O)CCCC3. The van der Waals surface area contributed by atoms with E-state index in [-0.39, 0.29) is 17.2 Å². The molecule has 0 saturated heterocycles. The van der Waals surface area contributed by atoms with Crippen molar-refractivity contribution < 1.29 is 4.79 Å². The Bertz CT molecular complexity index is 1420. The van der Waals surface area contributed by atoms with E-state index in [0.29, 0.717) is 11.7 Å². The Kier molecular flexibility index (Phi) is 6.65. The number of thioether (sulfide) groups is 1. The van der Waals surface area contributed by atoms with E-state index in [1.807, 2.05) is 54.6 Å². The van der Waals surface area contributed by atoms with Gasteiger partial charge in [0, 0.05) is 22.7 Å². The lowest BCUT2D eigenvalue weighted by atomic mass is 9.97. The monoisotopic (exact) mass is 487 g/mol. The highest BCUT2D eigenvalue weighted by Crippen LogP contribution is 2.35. The van der Waals surface area contributed by atoms with Crippen LogP contribution >= 0.6 is 23.1 Å². The third-order valence-corrected chi connectivity index (χ3v) is 8.13. The molecular formula is C27H25N3O2S2. The van der Waals surface area contributed by atoms with Gasteiger partial charge in [-0.1, -0.05) is 66.4 Å². The standard InChI is InChI=1S/C27H25N3O2S2/c1-2-16-30-26(32)24-20-13-7-9-15-22(20)34-25(24)29-27(30)33-17-23(31)28-21-14-8-6-12-19(21)18-10-4-3-5-11-18/h2-6,8,10-12,14H,1,7,9,13,15-17H2,(H,28,31). The summed E-state index contributed by atoms with van der Waals surface area (Å²) in [6, 6.07) is 17.7. The van der Waals surface area contributed by atoms with Crippen molar-refractivity contribution in [3.63, 3.8) is 0 Å². The number of fused-ring (bicyclic) bond motifs is 3. The maximum Gasteiger partial charge on any atom is 0.263 e. The van der Waals surface area contributed by atoms with E-state index in [4.69, 9.17) is 4.98 Å². The number of para-hydroxylation sites is 1. The summed E-state index contributed by atoms with van der Waals surface area (Å²) in [4.78, 5) is 33.2. The molecule has 4 aromatic rings. The molecule has 2 heterocycles. The summed E-state index contributed by atoms with van der Waals surface area (Å²) in [5.41, 5.74) is 3.92. The van der Waals surface area contributed by atoms with Gasteiger partial charge in [0.25, 0.3) is 5.56 Å². The van der Waals surface area contributed by atoms with Crippen molar-refractivity contribution in [2.45, 2.75) is 37.4 Å². The van der Waals surface area contributed by atoms with Gasteiger partial charge >= 0.3 is 0 Å². The zero-order chi connectivity index (χ0) is 23.5. The smallest absolute Gasteiger partial charge is 0.263 e. The Hall–Kier alpha value is -3.16. The number of aryl methyl sites for hydroxylation is 2. The molecule has 0 spiro atoms. The summed E-state index contributed by atoms with van der Waals surface area (Å²) in [5.74, 6) is 0.0156. The lowest BCUT2D eigenvalue weighted by Crippen LogP contribution is -2.24. The van der Waals surface area contributed by atoms with Gasteiger partial charge in [-0.2, -0.15) is 0 Å². The molecule has 0 aliphatic heterocycles. The number of allylic oxidation sites excluding steroid dienone is 1. The first kappa shape index (κ1) is 22.6. The van der Waals surface area contributed by atoms with Crippen LogP contribution in [0.2, 0.25) is 0 Å². The minimum absolute atomic E-state index is 0.0263. The van der Waals surface area contributed by atoms with Crippen molar-refractivity contribution in [3.05, 3.63) is 88.0 Å².